The van der Waals surface area contributed by atoms with E-state index in [9.17, 15) is 14.4 Å². The molecule has 9 rings (SSSR count). The zero-order chi connectivity index (χ0) is 46.3. The number of para-hydroxylation sites is 2. The van der Waals surface area contributed by atoms with Crippen LogP contribution >= 0.6 is 0 Å². The molecule has 4 aliphatic heterocycles. The minimum atomic E-state index is -0.316. The van der Waals surface area contributed by atoms with Crippen LogP contribution in [0.5, 0.6) is 23.0 Å². The number of carbonyl (C=O) groups is 3. The van der Waals surface area contributed by atoms with Gasteiger partial charge in [-0.15, -0.1) is 0 Å². The molecule has 0 saturated heterocycles. The molecule has 15 nitrogen and oxygen atoms in total. The van der Waals surface area contributed by atoms with Crippen LogP contribution in [0, 0.1) is 6.92 Å². The van der Waals surface area contributed by atoms with Crippen molar-refractivity contribution in [3.8, 4) is 23.0 Å². The van der Waals surface area contributed by atoms with Gasteiger partial charge in [-0.3, -0.25) is 34.2 Å². The molecule has 4 aliphatic rings. The van der Waals surface area contributed by atoms with Crippen LogP contribution in [0.4, 0.5) is 22.7 Å². The van der Waals surface area contributed by atoms with E-state index in [4.69, 9.17) is 43.1 Å². The number of carbonyl (C=O) groups excluding carboxylic acids is 3. The van der Waals surface area contributed by atoms with Crippen LogP contribution in [-0.2, 0) is 49.8 Å². The fraction of sp³-hybridized carbons (Fsp3) is 0.327. The standard InChI is InChI=1S/C52H52N4O11/c1-33-20-41-43(53-29-38-24-36-8-4-6-10-45(36)55(38)51(41)58)27-47(33)66-31-34-21-35(23-40(22-34)65-19-18-64-17-16-63-15-14-62-13-12-50(57)61-3)32-67-49-28-44-42(26-48(49)60-2)52(59)56-39(30-54-44)25-37-9-5-7-11-46(37)56/h4-11,20-23,26-30,38-39H,12-19,24-25,31-32H2,1-3H3/t38-,39-/m0/s1. The van der Waals surface area contributed by atoms with Crippen molar-refractivity contribution in [1.29, 1.82) is 0 Å². The number of aliphatic imine (C=N–C) groups is 2. The van der Waals surface area contributed by atoms with E-state index in [1.807, 2.05) is 97.0 Å². The molecule has 0 radical (unpaired) electrons. The summed E-state index contributed by atoms with van der Waals surface area (Å²) in [5, 5.41) is 0. The normalized spacial score (nSPS) is 16.3. The third-order valence-electron chi connectivity index (χ3n) is 12.0. The minimum Gasteiger partial charge on any atom is -0.493 e. The number of anilines is 2. The summed E-state index contributed by atoms with van der Waals surface area (Å²) in [6, 6.07) is 28.5. The molecule has 67 heavy (non-hydrogen) atoms. The summed E-state index contributed by atoms with van der Waals surface area (Å²) in [5.74, 6) is 1.48. The molecule has 346 valence electrons. The number of aryl methyl sites for hydroxylation is 1. The van der Waals surface area contributed by atoms with E-state index in [0.29, 0.717) is 91.4 Å². The van der Waals surface area contributed by atoms with Gasteiger partial charge in [-0.2, -0.15) is 0 Å². The second kappa shape index (κ2) is 20.6. The molecule has 5 aromatic rings. The monoisotopic (exact) mass is 908 g/mol. The number of amides is 2. The average Bonchev–Trinajstić information content (AvgIpc) is 3.84. The van der Waals surface area contributed by atoms with Gasteiger partial charge in [-0.25, -0.2) is 0 Å². The van der Waals surface area contributed by atoms with Crippen molar-refractivity contribution in [2.24, 2.45) is 9.98 Å². The zero-order valence-corrected chi connectivity index (χ0v) is 37.7. The van der Waals surface area contributed by atoms with Crippen molar-refractivity contribution in [2.75, 3.05) is 70.3 Å². The van der Waals surface area contributed by atoms with Crippen molar-refractivity contribution in [3.05, 3.63) is 130 Å². The molecule has 15 heteroatoms. The third kappa shape index (κ3) is 10.0. The Morgan fingerprint density at radius 1 is 0.597 bits per heavy atom. The van der Waals surface area contributed by atoms with E-state index in [0.717, 1.165) is 39.2 Å². The van der Waals surface area contributed by atoms with E-state index in [1.165, 1.54) is 7.11 Å². The fourth-order valence-corrected chi connectivity index (χ4v) is 8.71. The first-order valence-electron chi connectivity index (χ1n) is 22.4. The molecular formula is C52H52N4O11. The lowest BCUT2D eigenvalue weighted by Gasteiger charge is -2.22. The third-order valence-corrected chi connectivity index (χ3v) is 12.0. The largest absolute Gasteiger partial charge is 0.493 e. The number of methoxy groups -OCH3 is 2. The summed E-state index contributed by atoms with van der Waals surface area (Å²) in [6.45, 7) is 4.59. The van der Waals surface area contributed by atoms with Gasteiger partial charge in [0.05, 0.1) is 94.9 Å². The summed E-state index contributed by atoms with van der Waals surface area (Å²) >= 11 is 0. The van der Waals surface area contributed by atoms with E-state index in [-0.39, 0.29) is 62.7 Å². The van der Waals surface area contributed by atoms with Gasteiger partial charge >= 0.3 is 5.97 Å². The fourth-order valence-electron chi connectivity index (χ4n) is 8.71. The highest BCUT2D eigenvalue weighted by Crippen LogP contribution is 2.42. The molecule has 0 saturated carbocycles. The molecule has 5 aromatic carbocycles. The number of ether oxygens (including phenoxy) is 8. The Morgan fingerprint density at radius 3 is 1.70 bits per heavy atom. The highest BCUT2D eigenvalue weighted by Gasteiger charge is 2.38. The maximum absolute atomic E-state index is 14.0. The van der Waals surface area contributed by atoms with Crippen LogP contribution in [0.3, 0.4) is 0 Å². The van der Waals surface area contributed by atoms with Gasteiger partial charge in [0.1, 0.15) is 31.3 Å². The quantitative estimate of drug-likeness (QED) is 0.0557. The molecule has 0 bridgehead atoms. The Morgan fingerprint density at radius 2 is 1.12 bits per heavy atom. The number of benzene rings is 5. The van der Waals surface area contributed by atoms with E-state index >= 15 is 0 Å². The topological polar surface area (TPSA) is 156 Å². The molecule has 2 amide bonds. The van der Waals surface area contributed by atoms with Gasteiger partial charge in [0.15, 0.2) is 11.5 Å². The van der Waals surface area contributed by atoms with Crippen molar-refractivity contribution in [3.63, 3.8) is 0 Å². The first-order valence-corrected chi connectivity index (χ1v) is 22.4. The lowest BCUT2D eigenvalue weighted by atomic mass is 10.1. The van der Waals surface area contributed by atoms with Crippen LogP contribution in [-0.4, -0.2) is 103 Å². The first kappa shape index (κ1) is 45.1. The Labute approximate surface area is 388 Å². The smallest absolute Gasteiger partial charge is 0.307 e. The van der Waals surface area contributed by atoms with Crippen molar-refractivity contribution >= 4 is 53.0 Å². The number of nitrogens with zero attached hydrogens (tertiary/aromatic N) is 4. The Balaban J connectivity index is 0.877. The molecular weight excluding hydrogens is 857 g/mol. The Hall–Kier alpha value is -7.07. The minimum absolute atomic E-state index is 0.0857. The van der Waals surface area contributed by atoms with E-state index in [2.05, 4.69) is 10.8 Å². The summed E-state index contributed by atoms with van der Waals surface area (Å²) in [4.78, 5) is 52.3. The van der Waals surface area contributed by atoms with Crippen LogP contribution in [0.1, 0.15) is 55.0 Å². The highest BCUT2D eigenvalue weighted by atomic mass is 16.6. The van der Waals surface area contributed by atoms with Crippen LogP contribution in [0.15, 0.2) is 101 Å². The van der Waals surface area contributed by atoms with Crippen LogP contribution < -0.4 is 28.7 Å². The number of esters is 1. The summed E-state index contributed by atoms with van der Waals surface area (Å²) < 4.78 is 46.1. The lowest BCUT2D eigenvalue weighted by molar-refractivity contribution is -0.141. The van der Waals surface area contributed by atoms with Gasteiger partial charge in [-0.05, 0) is 77.2 Å². The first-order chi connectivity index (χ1) is 32.8. The predicted molar refractivity (Wildman–Crippen MR) is 252 cm³/mol. The van der Waals surface area contributed by atoms with Crippen molar-refractivity contribution < 1.29 is 52.3 Å². The van der Waals surface area contributed by atoms with E-state index in [1.54, 1.807) is 24.1 Å². The van der Waals surface area contributed by atoms with Gasteiger partial charge in [-0.1, -0.05) is 36.4 Å². The molecule has 4 heterocycles. The second-order valence-corrected chi connectivity index (χ2v) is 16.4. The van der Waals surface area contributed by atoms with Gasteiger partial charge in [0.2, 0.25) is 0 Å². The summed E-state index contributed by atoms with van der Waals surface area (Å²) in [6.07, 6.45) is 5.29. The second-order valence-electron chi connectivity index (χ2n) is 16.4. The molecule has 0 unspecified atom stereocenters. The molecule has 0 fully saturated rings. The maximum Gasteiger partial charge on any atom is 0.307 e. The molecule has 0 spiro atoms. The average molecular weight is 909 g/mol. The number of rotatable bonds is 20. The van der Waals surface area contributed by atoms with Gasteiger partial charge in [0, 0.05) is 48.8 Å². The van der Waals surface area contributed by atoms with Crippen LogP contribution in [0.25, 0.3) is 0 Å². The predicted octanol–water partition coefficient (Wildman–Crippen LogP) is 7.73. The van der Waals surface area contributed by atoms with Crippen molar-refractivity contribution in [1.82, 2.24) is 0 Å². The lowest BCUT2D eigenvalue weighted by Crippen LogP contribution is -2.37. The molecule has 2 atom stereocenters. The van der Waals surface area contributed by atoms with Crippen molar-refractivity contribution in [2.45, 2.75) is 51.5 Å². The zero-order valence-electron chi connectivity index (χ0n) is 37.7. The number of hydrogen-bond acceptors (Lipinski definition) is 13. The SMILES string of the molecule is COC(=O)CCOCCOCCOCCOc1cc(COc2cc3c(cc2C)C(=O)N2c4ccccc4C[C@H]2C=N3)cc(COc2cc3c(cc2OC)C(=O)N2c4ccccc4C[C@H]2C=N3)c1. The Kier molecular flexibility index (Phi) is 13.9. The number of hydrogen-bond donors (Lipinski definition) is 0. The Bertz CT molecular complexity index is 2720. The number of fused-ring (bicyclic) bond motifs is 8. The highest BCUT2D eigenvalue weighted by molar-refractivity contribution is 6.15. The van der Waals surface area contributed by atoms with Crippen LogP contribution in [0.2, 0.25) is 0 Å². The maximum atomic E-state index is 14.0. The molecule has 0 N–H and O–H groups in total. The van der Waals surface area contributed by atoms with Gasteiger partial charge < -0.3 is 37.9 Å². The summed E-state index contributed by atoms with van der Waals surface area (Å²) in [7, 11) is 2.89. The van der Waals surface area contributed by atoms with E-state index < -0.39 is 0 Å². The van der Waals surface area contributed by atoms with Gasteiger partial charge in [0.25, 0.3) is 11.8 Å². The molecule has 0 aliphatic carbocycles. The summed E-state index contributed by atoms with van der Waals surface area (Å²) in [5.41, 5.74) is 8.47. The molecule has 0 aromatic heterocycles.